The molecule has 2 N–H and O–H groups in total. The molecule has 1 atom stereocenters. The van der Waals surface area contributed by atoms with Gasteiger partial charge >= 0.3 is 0 Å². The van der Waals surface area contributed by atoms with Gasteiger partial charge in [0, 0.05) is 32.2 Å². The van der Waals surface area contributed by atoms with Crippen LogP contribution in [-0.2, 0) is 4.79 Å². The second kappa shape index (κ2) is 6.63. The molecule has 1 spiro atoms. The van der Waals surface area contributed by atoms with E-state index in [1.165, 1.54) is 51.9 Å². The summed E-state index contributed by atoms with van der Waals surface area (Å²) in [5.41, 5.74) is 0.650. The number of carbonyl (C=O) groups excluding carboxylic acids is 1. The number of piperazine rings is 1. The Morgan fingerprint density at radius 3 is 2.62 bits per heavy atom. The van der Waals surface area contributed by atoms with Gasteiger partial charge in [0.25, 0.3) is 0 Å². The smallest absolute Gasteiger partial charge is 0.234 e. The molecule has 0 aromatic heterocycles. The van der Waals surface area contributed by atoms with Gasteiger partial charge in [-0.15, -0.1) is 0 Å². The van der Waals surface area contributed by atoms with Crippen LogP contribution in [0.1, 0.15) is 32.6 Å². The van der Waals surface area contributed by atoms with Crippen molar-refractivity contribution >= 4 is 5.91 Å². The topological polar surface area (TPSA) is 47.6 Å². The molecule has 3 rings (SSSR count). The lowest BCUT2D eigenvalue weighted by molar-refractivity contribution is -0.124. The maximum absolute atomic E-state index is 11.3. The van der Waals surface area contributed by atoms with Gasteiger partial charge in [-0.05, 0) is 57.7 Å². The third-order valence-electron chi connectivity index (χ3n) is 5.70. The van der Waals surface area contributed by atoms with E-state index in [1.54, 1.807) is 0 Å². The fraction of sp³-hybridized carbons (Fsp3) is 0.938. The predicted octanol–water partition coefficient (Wildman–Crippen LogP) is 0.272. The zero-order valence-electron chi connectivity index (χ0n) is 13.4. The molecule has 3 heterocycles. The summed E-state index contributed by atoms with van der Waals surface area (Å²) in [6.07, 6.45) is 5.20. The van der Waals surface area contributed by atoms with Crippen molar-refractivity contribution in [3.63, 3.8) is 0 Å². The standard InChI is InChI=1S/C16H30N4O/c1-14(3-2-7-19-10-6-18-15(21)11-19)20-8-4-16(5-9-20)12-17-13-16/h14,17H,2-13H2,1H3,(H,18,21). The summed E-state index contributed by atoms with van der Waals surface area (Å²) in [5.74, 6) is 0.185. The molecular weight excluding hydrogens is 264 g/mol. The van der Waals surface area contributed by atoms with E-state index in [0.29, 0.717) is 18.0 Å². The van der Waals surface area contributed by atoms with Gasteiger partial charge in [-0.25, -0.2) is 0 Å². The van der Waals surface area contributed by atoms with Crippen LogP contribution in [0.5, 0.6) is 0 Å². The van der Waals surface area contributed by atoms with E-state index in [9.17, 15) is 4.79 Å². The molecular formula is C16H30N4O. The molecule has 0 aromatic carbocycles. The van der Waals surface area contributed by atoms with Gasteiger partial charge in [0.15, 0.2) is 0 Å². The number of nitrogens with one attached hydrogen (secondary N) is 2. The number of likely N-dealkylation sites (tertiary alicyclic amines) is 1. The fourth-order valence-electron chi connectivity index (χ4n) is 3.95. The maximum Gasteiger partial charge on any atom is 0.234 e. The van der Waals surface area contributed by atoms with Crippen molar-refractivity contribution in [2.24, 2.45) is 5.41 Å². The number of rotatable bonds is 5. The van der Waals surface area contributed by atoms with Gasteiger partial charge in [0.05, 0.1) is 6.54 Å². The van der Waals surface area contributed by atoms with E-state index >= 15 is 0 Å². The van der Waals surface area contributed by atoms with Crippen LogP contribution < -0.4 is 10.6 Å². The summed E-state index contributed by atoms with van der Waals surface area (Å²) < 4.78 is 0. The van der Waals surface area contributed by atoms with Crippen LogP contribution in [-0.4, -0.2) is 74.1 Å². The van der Waals surface area contributed by atoms with Gasteiger partial charge in [0.1, 0.15) is 0 Å². The Bertz CT molecular complexity index is 359. The van der Waals surface area contributed by atoms with Crippen LogP contribution in [0.25, 0.3) is 0 Å². The van der Waals surface area contributed by atoms with Gasteiger partial charge in [-0.2, -0.15) is 0 Å². The number of carbonyl (C=O) groups is 1. The second-order valence-corrected chi connectivity index (χ2v) is 7.26. The summed E-state index contributed by atoms with van der Waals surface area (Å²) >= 11 is 0. The number of nitrogens with zero attached hydrogens (tertiary/aromatic N) is 2. The molecule has 0 aromatic rings. The molecule has 1 amide bonds. The number of amides is 1. The van der Waals surface area contributed by atoms with Crippen molar-refractivity contribution in [1.29, 1.82) is 0 Å². The molecule has 21 heavy (non-hydrogen) atoms. The second-order valence-electron chi connectivity index (χ2n) is 7.26. The Kier molecular flexibility index (Phi) is 4.82. The lowest BCUT2D eigenvalue weighted by Gasteiger charge is -2.49. The van der Waals surface area contributed by atoms with Crippen LogP contribution in [0.4, 0.5) is 0 Å². The average Bonchev–Trinajstić information content (AvgIpc) is 2.46. The number of hydrogen-bond donors (Lipinski definition) is 2. The van der Waals surface area contributed by atoms with Gasteiger partial charge in [-0.3, -0.25) is 9.69 Å². The fourth-order valence-corrected chi connectivity index (χ4v) is 3.95. The Morgan fingerprint density at radius 1 is 1.24 bits per heavy atom. The Labute approximate surface area is 128 Å². The van der Waals surface area contributed by atoms with Crippen LogP contribution >= 0.6 is 0 Å². The monoisotopic (exact) mass is 294 g/mol. The van der Waals surface area contributed by atoms with E-state index in [2.05, 4.69) is 27.4 Å². The Hall–Kier alpha value is -0.650. The first kappa shape index (κ1) is 15.3. The molecule has 3 aliphatic rings. The minimum Gasteiger partial charge on any atom is -0.354 e. The molecule has 0 aliphatic carbocycles. The molecule has 3 aliphatic heterocycles. The summed E-state index contributed by atoms with van der Waals surface area (Å²) in [4.78, 5) is 16.3. The molecule has 3 saturated heterocycles. The third kappa shape index (κ3) is 3.76. The Balaban J connectivity index is 1.33. The lowest BCUT2D eigenvalue weighted by atomic mass is 9.73. The third-order valence-corrected chi connectivity index (χ3v) is 5.70. The highest BCUT2D eigenvalue weighted by molar-refractivity contribution is 5.78. The molecule has 3 fully saturated rings. The normalized spacial score (nSPS) is 28.1. The zero-order chi connectivity index (χ0) is 14.7. The lowest BCUT2D eigenvalue weighted by Crippen LogP contribution is -2.59. The van der Waals surface area contributed by atoms with Gasteiger partial charge < -0.3 is 15.5 Å². The molecule has 5 nitrogen and oxygen atoms in total. The van der Waals surface area contributed by atoms with Crippen molar-refractivity contribution in [1.82, 2.24) is 20.4 Å². The van der Waals surface area contributed by atoms with Crippen molar-refractivity contribution in [3.05, 3.63) is 0 Å². The predicted molar refractivity (Wildman–Crippen MR) is 84.3 cm³/mol. The number of hydrogen-bond acceptors (Lipinski definition) is 4. The van der Waals surface area contributed by atoms with E-state index in [1.807, 2.05) is 0 Å². The van der Waals surface area contributed by atoms with Crippen LogP contribution in [0.3, 0.4) is 0 Å². The Morgan fingerprint density at radius 2 is 2.00 bits per heavy atom. The molecule has 0 radical (unpaired) electrons. The van der Waals surface area contributed by atoms with Gasteiger partial charge in [-0.1, -0.05) is 0 Å². The van der Waals surface area contributed by atoms with Crippen LogP contribution in [0, 0.1) is 5.41 Å². The largest absolute Gasteiger partial charge is 0.354 e. The zero-order valence-corrected chi connectivity index (χ0v) is 13.4. The molecule has 0 bridgehead atoms. The SMILES string of the molecule is CC(CCCN1CCNC(=O)C1)N1CCC2(CC1)CNC2. The highest BCUT2D eigenvalue weighted by Crippen LogP contribution is 2.35. The van der Waals surface area contributed by atoms with Crippen molar-refractivity contribution < 1.29 is 4.79 Å². The van der Waals surface area contributed by atoms with Crippen LogP contribution in [0.15, 0.2) is 0 Å². The first-order valence-electron chi connectivity index (χ1n) is 8.61. The van der Waals surface area contributed by atoms with Crippen molar-refractivity contribution in [2.75, 3.05) is 52.4 Å². The van der Waals surface area contributed by atoms with Gasteiger partial charge in [0.2, 0.25) is 5.91 Å². The summed E-state index contributed by atoms with van der Waals surface area (Å²) in [7, 11) is 0. The first-order chi connectivity index (χ1) is 10.2. The minimum atomic E-state index is 0.185. The highest BCUT2D eigenvalue weighted by Gasteiger charge is 2.40. The molecule has 1 unspecified atom stereocenters. The van der Waals surface area contributed by atoms with E-state index in [-0.39, 0.29) is 5.91 Å². The van der Waals surface area contributed by atoms with E-state index < -0.39 is 0 Å². The number of piperidine rings is 1. The minimum absolute atomic E-state index is 0.185. The molecule has 0 saturated carbocycles. The summed E-state index contributed by atoms with van der Waals surface area (Å²) in [6, 6.07) is 0.689. The highest BCUT2D eigenvalue weighted by atomic mass is 16.2. The molecule has 5 heteroatoms. The summed E-state index contributed by atoms with van der Waals surface area (Å²) in [5, 5.41) is 6.32. The average molecular weight is 294 g/mol. The first-order valence-corrected chi connectivity index (χ1v) is 8.61. The summed E-state index contributed by atoms with van der Waals surface area (Å²) in [6.45, 7) is 10.9. The van der Waals surface area contributed by atoms with E-state index in [0.717, 1.165) is 19.6 Å². The molecule has 120 valence electrons. The quantitative estimate of drug-likeness (QED) is 0.764. The van der Waals surface area contributed by atoms with E-state index in [4.69, 9.17) is 0 Å². The van der Waals surface area contributed by atoms with Crippen LogP contribution in [0.2, 0.25) is 0 Å². The van der Waals surface area contributed by atoms with Crippen molar-refractivity contribution in [3.8, 4) is 0 Å². The maximum atomic E-state index is 11.3. The van der Waals surface area contributed by atoms with Crippen molar-refractivity contribution in [2.45, 2.75) is 38.6 Å².